The lowest BCUT2D eigenvalue weighted by atomic mass is 9.70. The van der Waals surface area contributed by atoms with Gasteiger partial charge in [0.05, 0.1) is 11.9 Å². The summed E-state index contributed by atoms with van der Waals surface area (Å²) in [6.07, 6.45) is 7.23. The van der Waals surface area contributed by atoms with Crippen molar-refractivity contribution in [3.63, 3.8) is 0 Å². The molecule has 0 aromatic carbocycles. The number of anilines is 1. The molecule has 2 nitrogen and oxygen atoms in total. The zero-order chi connectivity index (χ0) is 13.9. The summed E-state index contributed by atoms with van der Waals surface area (Å²) in [4.78, 5) is 4.09. The van der Waals surface area contributed by atoms with Gasteiger partial charge in [0.15, 0.2) is 0 Å². The molecular weight excluding hydrogens is 256 g/mol. The van der Waals surface area contributed by atoms with E-state index in [4.69, 9.17) is 11.6 Å². The molecule has 0 spiro atoms. The average molecular weight is 281 g/mol. The number of hydrogen-bond donors (Lipinski definition) is 1. The summed E-state index contributed by atoms with van der Waals surface area (Å²) >= 11 is 5.78. The maximum atomic E-state index is 5.78. The van der Waals surface area contributed by atoms with Gasteiger partial charge >= 0.3 is 0 Å². The van der Waals surface area contributed by atoms with Crippen LogP contribution in [0.3, 0.4) is 0 Å². The van der Waals surface area contributed by atoms with Crippen LogP contribution in [0.2, 0.25) is 5.15 Å². The van der Waals surface area contributed by atoms with E-state index in [1.165, 1.54) is 25.7 Å². The van der Waals surface area contributed by atoms with Crippen LogP contribution in [0.4, 0.5) is 5.69 Å². The fourth-order valence-electron chi connectivity index (χ4n) is 2.98. The molecule has 2 rings (SSSR count). The number of rotatable bonds is 3. The SMILES string of the molecule is CC(C)(C)C1CCC(CNc2ccc(Cl)nc2)CC1. The van der Waals surface area contributed by atoms with E-state index < -0.39 is 0 Å². The Hall–Kier alpha value is -0.760. The van der Waals surface area contributed by atoms with Crippen LogP contribution in [0, 0.1) is 17.3 Å². The molecule has 1 aromatic heterocycles. The Labute approximate surface area is 122 Å². The third kappa shape index (κ3) is 4.38. The molecule has 0 saturated heterocycles. The van der Waals surface area contributed by atoms with E-state index >= 15 is 0 Å². The first kappa shape index (κ1) is 14.6. The normalized spacial score (nSPS) is 24.2. The minimum Gasteiger partial charge on any atom is -0.384 e. The largest absolute Gasteiger partial charge is 0.384 e. The van der Waals surface area contributed by atoms with Crippen LogP contribution in [0.1, 0.15) is 46.5 Å². The van der Waals surface area contributed by atoms with Crippen LogP contribution in [0.5, 0.6) is 0 Å². The van der Waals surface area contributed by atoms with Gasteiger partial charge in [0.2, 0.25) is 0 Å². The molecular formula is C16H25ClN2. The molecule has 0 aliphatic heterocycles. The average Bonchev–Trinajstić information content (AvgIpc) is 2.37. The Kier molecular flexibility index (Phi) is 4.72. The summed E-state index contributed by atoms with van der Waals surface area (Å²) < 4.78 is 0. The number of halogens is 1. The van der Waals surface area contributed by atoms with E-state index in [0.29, 0.717) is 10.6 Å². The van der Waals surface area contributed by atoms with Gasteiger partial charge in [-0.05, 0) is 55.1 Å². The Balaban J connectivity index is 1.75. The molecule has 1 aliphatic rings. The lowest BCUT2D eigenvalue weighted by Gasteiger charge is -2.37. The number of hydrogen-bond acceptors (Lipinski definition) is 2. The van der Waals surface area contributed by atoms with E-state index in [1.807, 2.05) is 18.3 Å². The fraction of sp³-hybridized carbons (Fsp3) is 0.688. The molecule has 19 heavy (non-hydrogen) atoms. The van der Waals surface area contributed by atoms with Crippen LogP contribution in [-0.4, -0.2) is 11.5 Å². The quantitative estimate of drug-likeness (QED) is 0.788. The minimum absolute atomic E-state index is 0.471. The van der Waals surface area contributed by atoms with Crippen molar-refractivity contribution in [2.75, 3.05) is 11.9 Å². The topological polar surface area (TPSA) is 24.9 Å². The van der Waals surface area contributed by atoms with Gasteiger partial charge in [-0.1, -0.05) is 32.4 Å². The van der Waals surface area contributed by atoms with Crippen molar-refractivity contribution in [1.29, 1.82) is 0 Å². The van der Waals surface area contributed by atoms with Crippen LogP contribution in [0.25, 0.3) is 0 Å². The Morgan fingerprint density at radius 2 is 1.89 bits per heavy atom. The van der Waals surface area contributed by atoms with Crippen LogP contribution < -0.4 is 5.32 Å². The zero-order valence-electron chi connectivity index (χ0n) is 12.2. The highest BCUT2D eigenvalue weighted by atomic mass is 35.5. The molecule has 1 heterocycles. The monoisotopic (exact) mass is 280 g/mol. The van der Waals surface area contributed by atoms with Crippen molar-refractivity contribution in [1.82, 2.24) is 4.98 Å². The first-order valence-electron chi connectivity index (χ1n) is 7.30. The summed E-state index contributed by atoms with van der Waals surface area (Å²) in [5.41, 5.74) is 1.54. The second-order valence-corrected chi connectivity index (χ2v) is 7.22. The Morgan fingerprint density at radius 3 is 2.42 bits per heavy atom. The Morgan fingerprint density at radius 1 is 1.21 bits per heavy atom. The molecule has 0 amide bonds. The molecule has 0 bridgehead atoms. The minimum atomic E-state index is 0.471. The highest BCUT2D eigenvalue weighted by Crippen LogP contribution is 2.39. The molecule has 106 valence electrons. The van der Waals surface area contributed by atoms with Crippen LogP contribution in [-0.2, 0) is 0 Å². The van der Waals surface area contributed by atoms with E-state index in [2.05, 4.69) is 31.1 Å². The second kappa shape index (κ2) is 6.13. The highest BCUT2D eigenvalue weighted by molar-refractivity contribution is 6.29. The zero-order valence-corrected chi connectivity index (χ0v) is 13.0. The number of pyridine rings is 1. The molecule has 1 aromatic rings. The van der Waals surface area contributed by atoms with Crippen LogP contribution in [0.15, 0.2) is 18.3 Å². The lowest BCUT2D eigenvalue weighted by molar-refractivity contribution is 0.153. The summed E-state index contributed by atoms with van der Waals surface area (Å²) in [5, 5.41) is 4.03. The van der Waals surface area contributed by atoms with Gasteiger partial charge in [0, 0.05) is 6.54 Å². The number of nitrogens with zero attached hydrogens (tertiary/aromatic N) is 1. The van der Waals surface area contributed by atoms with Gasteiger partial charge in [-0.3, -0.25) is 0 Å². The van der Waals surface area contributed by atoms with E-state index in [9.17, 15) is 0 Å². The number of nitrogens with one attached hydrogen (secondary N) is 1. The summed E-state index contributed by atoms with van der Waals surface area (Å²) in [6.45, 7) is 8.17. The van der Waals surface area contributed by atoms with Gasteiger partial charge in [0.25, 0.3) is 0 Å². The molecule has 1 fully saturated rings. The molecule has 1 aliphatic carbocycles. The summed E-state index contributed by atoms with van der Waals surface area (Å²) in [6, 6.07) is 3.83. The second-order valence-electron chi connectivity index (χ2n) is 6.83. The third-order valence-corrected chi connectivity index (χ3v) is 4.62. The van der Waals surface area contributed by atoms with Crippen molar-refractivity contribution >= 4 is 17.3 Å². The van der Waals surface area contributed by atoms with Crippen molar-refractivity contribution in [3.05, 3.63) is 23.5 Å². The smallest absolute Gasteiger partial charge is 0.129 e. The first-order valence-corrected chi connectivity index (χ1v) is 7.68. The van der Waals surface area contributed by atoms with Crippen molar-refractivity contribution in [2.45, 2.75) is 46.5 Å². The maximum absolute atomic E-state index is 5.78. The van der Waals surface area contributed by atoms with E-state index in [-0.39, 0.29) is 0 Å². The predicted octanol–water partition coefficient (Wildman–Crippen LogP) is 5.00. The highest BCUT2D eigenvalue weighted by Gasteiger charge is 2.29. The van der Waals surface area contributed by atoms with Crippen molar-refractivity contribution in [2.24, 2.45) is 17.3 Å². The van der Waals surface area contributed by atoms with E-state index in [1.54, 1.807) is 0 Å². The predicted molar refractivity (Wildman–Crippen MR) is 82.6 cm³/mol. The van der Waals surface area contributed by atoms with Crippen molar-refractivity contribution < 1.29 is 0 Å². The molecule has 0 atom stereocenters. The fourth-order valence-corrected chi connectivity index (χ4v) is 3.09. The van der Waals surface area contributed by atoms with E-state index in [0.717, 1.165) is 24.1 Å². The lowest BCUT2D eigenvalue weighted by Crippen LogP contribution is -2.28. The maximum Gasteiger partial charge on any atom is 0.129 e. The molecule has 1 saturated carbocycles. The third-order valence-electron chi connectivity index (χ3n) is 4.39. The van der Waals surface area contributed by atoms with Crippen LogP contribution >= 0.6 is 11.6 Å². The molecule has 3 heteroatoms. The summed E-state index contributed by atoms with van der Waals surface area (Å²) in [5.74, 6) is 1.69. The van der Waals surface area contributed by atoms with Gasteiger partial charge in [-0.25, -0.2) is 4.98 Å². The van der Waals surface area contributed by atoms with Gasteiger partial charge in [-0.2, -0.15) is 0 Å². The molecule has 0 radical (unpaired) electrons. The standard InChI is InChI=1S/C16H25ClN2/c1-16(2,3)13-6-4-12(5-7-13)10-18-14-8-9-15(17)19-11-14/h8-9,11-13,18H,4-7,10H2,1-3H3. The Bertz CT molecular complexity index is 386. The summed E-state index contributed by atoms with van der Waals surface area (Å²) in [7, 11) is 0. The first-order chi connectivity index (χ1) is 8.95. The van der Waals surface area contributed by atoms with Gasteiger partial charge in [0.1, 0.15) is 5.15 Å². The number of aromatic nitrogens is 1. The van der Waals surface area contributed by atoms with Crippen molar-refractivity contribution in [3.8, 4) is 0 Å². The van der Waals surface area contributed by atoms with Gasteiger partial charge in [-0.15, -0.1) is 0 Å². The molecule has 1 N–H and O–H groups in total. The van der Waals surface area contributed by atoms with Gasteiger partial charge < -0.3 is 5.32 Å². The molecule has 0 unspecified atom stereocenters.